The van der Waals surface area contributed by atoms with Gasteiger partial charge in [-0.15, -0.1) is 0 Å². The van der Waals surface area contributed by atoms with Gasteiger partial charge in [-0.1, -0.05) is 30.3 Å². The summed E-state index contributed by atoms with van der Waals surface area (Å²) >= 11 is 0. The molecular weight excluding hydrogens is 226 g/mol. The molecule has 0 saturated carbocycles. The van der Waals surface area contributed by atoms with Crippen LogP contribution in [0.1, 0.15) is 5.56 Å². The fourth-order valence-corrected chi connectivity index (χ4v) is 3.38. The molecule has 0 radical (unpaired) electrons. The Kier molecular flexibility index (Phi) is 3.07. The smallest absolute Gasteiger partial charge is 0.155 e. The first-order valence-electron chi connectivity index (χ1n) is 5.03. The first-order chi connectivity index (χ1) is 7.57. The predicted octanol–water partition coefficient (Wildman–Crippen LogP) is 0.263. The van der Waals surface area contributed by atoms with E-state index in [1.807, 2.05) is 30.3 Å². The summed E-state index contributed by atoms with van der Waals surface area (Å²) in [5.41, 5.74) is 0.902. The predicted molar refractivity (Wildman–Crippen MR) is 62.5 cm³/mol. The van der Waals surface area contributed by atoms with Gasteiger partial charge >= 0.3 is 0 Å². The van der Waals surface area contributed by atoms with Crippen LogP contribution in [0.4, 0.5) is 0 Å². The van der Waals surface area contributed by atoms with E-state index in [1.165, 1.54) is 0 Å². The summed E-state index contributed by atoms with van der Waals surface area (Å²) in [5.74, 6) is -0.235. The SMILES string of the molecule is O=S1(=O)CC(O)C(N=Cc2ccccc2)C1. The lowest BCUT2D eigenvalue weighted by atomic mass is 10.2. The second-order valence-electron chi connectivity index (χ2n) is 3.90. The maximum Gasteiger partial charge on any atom is 0.155 e. The van der Waals surface area contributed by atoms with Crippen LogP contribution in [0.25, 0.3) is 0 Å². The van der Waals surface area contributed by atoms with Gasteiger partial charge in [0.25, 0.3) is 0 Å². The van der Waals surface area contributed by atoms with Crippen LogP contribution in [0.3, 0.4) is 0 Å². The van der Waals surface area contributed by atoms with Gasteiger partial charge in [0, 0.05) is 6.21 Å². The van der Waals surface area contributed by atoms with E-state index in [1.54, 1.807) is 6.21 Å². The zero-order valence-electron chi connectivity index (χ0n) is 8.65. The molecule has 5 heteroatoms. The average Bonchev–Trinajstić information content (AvgIpc) is 2.50. The largest absolute Gasteiger partial charge is 0.390 e. The minimum absolute atomic E-state index is 0.0580. The van der Waals surface area contributed by atoms with Gasteiger partial charge < -0.3 is 5.11 Å². The highest BCUT2D eigenvalue weighted by Gasteiger charge is 2.35. The third kappa shape index (κ3) is 2.68. The molecule has 1 N–H and O–H groups in total. The van der Waals surface area contributed by atoms with Crippen molar-refractivity contribution >= 4 is 16.1 Å². The number of sulfone groups is 1. The molecule has 1 aliphatic heterocycles. The second-order valence-corrected chi connectivity index (χ2v) is 6.05. The van der Waals surface area contributed by atoms with Gasteiger partial charge in [0.15, 0.2) is 9.84 Å². The Morgan fingerprint density at radius 3 is 2.50 bits per heavy atom. The van der Waals surface area contributed by atoms with Crippen LogP contribution in [0.15, 0.2) is 35.3 Å². The topological polar surface area (TPSA) is 66.7 Å². The molecular formula is C11H13NO3S. The number of nitrogens with zero attached hydrogens (tertiary/aromatic N) is 1. The van der Waals surface area contributed by atoms with E-state index in [-0.39, 0.29) is 11.5 Å². The third-order valence-corrected chi connectivity index (χ3v) is 4.21. The molecule has 4 nitrogen and oxygen atoms in total. The highest BCUT2D eigenvalue weighted by molar-refractivity contribution is 7.91. The normalized spacial score (nSPS) is 28.6. The molecule has 16 heavy (non-hydrogen) atoms. The fourth-order valence-electron chi connectivity index (χ4n) is 1.67. The molecule has 2 unspecified atom stereocenters. The van der Waals surface area contributed by atoms with Gasteiger partial charge in [0.05, 0.1) is 23.7 Å². The van der Waals surface area contributed by atoms with Crippen molar-refractivity contribution in [1.29, 1.82) is 0 Å². The fraction of sp³-hybridized carbons (Fsp3) is 0.364. The lowest BCUT2D eigenvalue weighted by molar-refractivity contribution is 0.184. The minimum Gasteiger partial charge on any atom is -0.390 e. The quantitative estimate of drug-likeness (QED) is 0.753. The summed E-state index contributed by atoms with van der Waals surface area (Å²) in [6.07, 6.45) is 0.735. The monoisotopic (exact) mass is 239 g/mol. The molecule has 1 aromatic carbocycles. The molecule has 1 saturated heterocycles. The maximum atomic E-state index is 11.2. The summed E-state index contributed by atoms with van der Waals surface area (Å²) in [4.78, 5) is 4.12. The lowest BCUT2D eigenvalue weighted by Crippen LogP contribution is -2.21. The van der Waals surface area contributed by atoms with Crippen molar-refractivity contribution in [2.75, 3.05) is 11.5 Å². The Morgan fingerprint density at radius 1 is 1.25 bits per heavy atom. The number of hydrogen-bond acceptors (Lipinski definition) is 4. The van der Waals surface area contributed by atoms with Crippen LogP contribution in [0.5, 0.6) is 0 Å². The average molecular weight is 239 g/mol. The highest BCUT2D eigenvalue weighted by atomic mass is 32.2. The van der Waals surface area contributed by atoms with Crippen molar-refractivity contribution in [3.8, 4) is 0 Å². The molecule has 86 valence electrons. The molecule has 0 aliphatic carbocycles. The minimum atomic E-state index is -3.11. The van der Waals surface area contributed by atoms with Crippen molar-refractivity contribution in [3.05, 3.63) is 35.9 Å². The van der Waals surface area contributed by atoms with E-state index >= 15 is 0 Å². The summed E-state index contributed by atoms with van der Waals surface area (Å²) in [7, 11) is -3.11. The van der Waals surface area contributed by atoms with Crippen molar-refractivity contribution in [2.45, 2.75) is 12.1 Å². The number of rotatable bonds is 2. The number of aliphatic hydroxyl groups excluding tert-OH is 1. The van der Waals surface area contributed by atoms with Crippen LogP contribution in [0, 0.1) is 0 Å². The number of aliphatic imine (C=N–C) groups is 1. The summed E-state index contributed by atoms with van der Waals surface area (Å²) in [6.45, 7) is 0. The summed E-state index contributed by atoms with van der Waals surface area (Å²) < 4.78 is 22.5. The van der Waals surface area contributed by atoms with Crippen LogP contribution in [-0.4, -0.2) is 43.4 Å². The Labute approximate surface area is 94.6 Å². The van der Waals surface area contributed by atoms with Gasteiger partial charge in [-0.25, -0.2) is 8.42 Å². The molecule has 0 aromatic heterocycles. The molecule has 1 aromatic rings. The van der Waals surface area contributed by atoms with E-state index in [9.17, 15) is 13.5 Å². The number of hydrogen-bond donors (Lipinski definition) is 1. The summed E-state index contributed by atoms with van der Waals surface area (Å²) in [5, 5.41) is 9.51. The lowest BCUT2D eigenvalue weighted by Gasteiger charge is -2.05. The number of benzene rings is 1. The molecule has 0 bridgehead atoms. The van der Waals surface area contributed by atoms with E-state index in [2.05, 4.69) is 4.99 Å². The van der Waals surface area contributed by atoms with Crippen molar-refractivity contribution in [2.24, 2.45) is 4.99 Å². The Balaban J connectivity index is 2.09. The zero-order chi connectivity index (χ0) is 11.6. The first-order valence-corrected chi connectivity index (χ1v) is 6.86. The molecule has 2 rings (SSSR count). The molecule has 2 atom stereocenters. The summed E-state index contributed by atoms with van der Waals surface area (Å²) in [6, 6.07) is 8.88. The van der Waals surface area contributed by atoms with E-state index in [4.69, 9.17) is 0 Å². The highest BCUT2D eigenvalue weighted by Crippen LogP contribution is 2.15. The van der Waals surface area contributed by atoms with Gasteiger partial charge in [-0.05, 0) is 5.56 Å². The molecule has 1 aliphatic rings. The van der Waals surface area contributed by atoms with Crippen molar-refractivity contribution in [1.82, 2.24) is 0 Å². The Bertz CT molecular complexity index is 481. The molecule has 0 amide bonds. The molecule has 1 fully saturated rings. The van der Waals surface area contributed by atoms with E-state index in [0.717, 1.165) is 5.56 Å². The van der Waals surface area contributed by atoms with Crippen LogP contribution >= 0.6 is 0 Å². The van der Waals surface area contributed by atoms with Crippen molar-refractivity contribution in [3.63, 3.8) is 0 Å². The van der Waals surface area contributed by atoms with Crippen LogP contribution in [0.2, 0.25) is 0 Å². The van der Waals surface area contributed by atoms with Crippen LogP contribution in [-0.2, 0) is 9.84 Å². The molecule has 1 heterocycles. The second kappa shape index (κ2) is 4.35. The third-order valence-electron chi connectivity index (χ3n) is 2.51. The Hall–Kier alpha value is -1.20. The van der Waals surface area contributed by atoms with Crippen LogP contribution < -0.4 is 0 Å². The molecule has 0 spiro atoms. The van der Waals surface area contributed by atoms with E-state index in [0.29, 0.717) is 0 Å². The van der Waals surface area contributed by atoms with E-state index < -0.39 is 22.0 Å². The standard InChI is InChI=1S/C11H13NO3S/c13-11-8-16(14,15)7-10(11)12-6-9-4-2-1-3-5-9/h1-6,10-11,13H,7-8H2. The van der Waals surface area contributed by atoms with Gasteiger partial charge in [0.2, 0.25) is 0 Å². The Morgan fingerprint density at radius 2 is 1.94 bits per heavy atom. The zero-order valence-corrected chi connectivity index (χ0v) is 9.47. The first kappa shape index (κ1) is 11.3. The maximum absolute atomic E-state index is 11.2. The van der Waals surface area contributed by atoms with Gasteiger partial charge in [-0.3, -0.25) is 4.99 Å². The number of aliphatic hydroxyl groups is 1. The van der Waals surface area contributed by atoms with Gasteiger partial charge in [0.1, 0.15) is 0 Å². The van der Waals surface area contributed by atoms with Crippen molar-refractivity contribution < 1.29 is 13.5 Å². The van der Waals surface area contributed by atoms with Gasteiger partial charge in [-0.2, -0.15) is 0 Å².